The third-order valence-corrected chi connectivity index (χ3v) is 3.35. The highest BCUT2D eigenvalue weighted by atomic mass is 79.9. The Balaban J connectivity index is 2.07. The van der Waals surface area contributed by atoms with Crippen molar-refractivity contribution >= 4 is 33.2 Å². The molecule has 0 spiro atoms. The van der Waals surface area contributed by atoms with E-state index in [-0.39, 0.29) is 0 Å². The number of rotatable bonds is 3. The van der Waals surface area contributed by atoms with Gasteiger partial charge in [-0.1, -0.05) is 57.4 Å². The molecule has 0 radical (unpaired) electrons. The van der Waals surface area contributed by atoms with Crippen molar-refractivity contribution in [2.75, 3.05) is 5.32 Å². The standard InChI is InChI=1S/C14H13BrClN/c1-10-2-4-11(5-3-10)9-17-14-8-12(15)6-7-13(14)16/h2-8,17H,9H2,1H3. The van der Waals surface area contributed by atoms with Gasteiger partial charge in [-0.25, -0.2) is 0 Å². The van der Waals surface area contributed by atoms with Crippen LogP contribution in [-0.2, 0) is 6.54 Å². The van der Waals surface area contributed by atoms with Gasteiger partial charge in [0.25, 0.3) is 0 Å². The van der Waals surface area contributed by atoms with Gasteiger partial charge in [-0.15, -0.1) is 0 Å². The molecule has 0 aromatic heterocycles. The lowest BCUT2D eigenvalue weighted by Gasteiger charge is -2.09. The molecule has 0 heterocycles. The normalized spacial score (nSPS) is 10.3. The average Bonchev–Trinajstić information content (AvgIpc) is 2.32. The number of hydrogen-bond donors (Lipinski definition) is 1. The largest absolute Gasteiger partial charge is 0.380 e. The Hall–Kier alpha value is -0.990. The van der Waals surface area contributed by atoms with E-state index >= 15 is 0 Å². The van der Waals surface area contributed by atoms with Gasteiger partial charge in [-0.05, 0) is 30.7 Å². The minimum atomic E-state index is 0.736. The van der Waals surface area contributed by atoms with Gasteiger partial charge >= 0.3 is 0 Å². The van der Waals surface area contributed by atoms with Gasteiger partial charge in [0.1, 0.15) is 0 Å². The molecular formula is C14H13BrClN. The van der Waals surface area contributed by atoms with Crippen LogP contribution in [0.2, 0.25) is 5.02 Å². The van der Waals surface area contributed by atoms with Crippen molar-refractivity contribution in [1.29, 1.82) is 0 Å². The Kier molecular flexibility index (Phi) is 4.08. The second-order valence-electron chi connectivity index (χ2n) is 3.96. The van der Waals surface area contributed by atoms with Gasteiger partial charge in [-0.2, -0.15) is 0 Å². The van der Waals surface area contributed by atoms with Gasteiger partial charge in [0.15, 0.2) is 0 Å². The Morgan fingerprint density at radius 2 is 1.82 bits per heavy atom. The molecule has 3 heteroatoms. The third kappa shape index (κ3) is 3.48. The molecule has 2 rings (SSSR count). The van der Waals surface area contributed by atoms with E-state index in [0.717, 1.165) is 21.7 Å². The van der Waals surface area contributed by atoms with Gasteiger partial charge < -0.3 is 5.32 Å². The quantitative estimate of drug-likeness (QED) is 0.839. The van der Waals surface area contributed by atoms with E-state index in [1.165, 1.54) is 11.1 Å². The first-order chi connectivity index (χ1) is 8.15. The van der Waals surface area contributed by atoms with Crippen molar-refractivity contribution in [1.82, 2.24) is 0 Å². The van der Waals surface area contributed by atoms with E-state index < -0.39 is 0 Å². The summed E-state index contributed by atoms with van der Waals surface area (Å²) < 4.78 is 1.02. The topological polar surface area (TPSA) is 12.0 Å². The van der Waals surface area contributed by atoms with Crippen molar-refractivity contribution in [2.45, 2.75) is 13.5 Å². The van der Waals surface area contributed by atoms with Crippen molar-refractivity contribution in [3.63, 3.8) is 0 Å². The molecule has 0 bridgehead atoms. The Bertz CT molecular complexity index is 508. The van der Waals surface area contributed by atoms with Crippen LogP contribution in [0.25, 0.3) is 0 Å². The van der Waals surface area contributed by atoms with Crippen LogP contribution in [0.3, 0.4) is 0 Å². The molecule has 0 unspecified atom stereocenters. The highest BCUT2D eigenvalue weighted by Crippen LogP contribution is 2.26. The van der Waals surface area contributed by atoms with E-state index in [0.29, 0.717) is 0 Å². The first-order valence-electron chi connectivity index (χ1n) is 5.39. The first kappa shape index (κ1) is 12.5. The fourth-order valence-corrected chi connectivity index (χ4v) is 2.08. The smallest absolute Gasteiger partial charge is 0.0638 e. The summed E-state index contributed by atoms with van der Waals surface area (Å²) >= 11 is 9.54. The number of benzene rings is 2. The lowest BCUT2D eigenvalue weighted by atomic mass is 10.1. The molecule has 2 aromatic rings. The predicted molar refractivity (Wildman–Crippen MR) is 77.7 cm³/mol. The molecule has 1 N–H and O–H groups in total. The molecule has 0 atom stereocenters. The lowest BCUT2D eigenvalue weighted by molar-refractivity contribution is 1.14. The highest BCUT2D eigenvalue weighted by molar-refractivity contribution is 9.10. The van der Waals surface area contributed by atoms with Crippen molar-refractivity contribution in [2.24, 2.45) is 0 Å². The molecule has 88 valence electrons. The monoisotopic (exact) mass is 309 g/mol. The van der Waals surface area contributed by atoms with Gasteiger partial charge in [0.05, 0.1) is 10.7 Å². The molecule has 0 aliphatic carbocycles. The summed E-state index contributed by atoms with van der Waals surface area (Å²) in [5.74, 6) is 0. The van der Waals surface area contributed by atoms with Crippen LogP contribution in [-0.4, -0.2) is 0 Å². The van der Waals surface area contributed by atoms with E-state index in [9.17, 15) is 0 Å². The minimum absolute atomic E-state index is 0.736. The molecule has 1 nitrogen and oxygen atoms in total. The maximum atomic E-state index is 6.10. The SMILES string of the molecule is Cc1ccc(CNc2cc(Br)ccc2Cl)cc1. The fraction of sp³-hybridized carbons (Fsp3) is 0.143. The van der Waals surface area contributed by atoms with Crippen LogP contribution >= 0.6 is 27.5 Å². The minimum Gasteiger partial charge on any atom is -0.380 e. The second-order valence-corrected chi connectivity index (χ2v) is 5.29. The Labute approximate surface area is 115 Å². The highest BCUT2D eigenvalue weighted by Gasteiger charge is 2.00. The number of hydrogen-bond acceptors (Lipinski definition) is 1. The van der Waals surface area contributed by atoms with Crippen LogP contribution in [0, 0.1) is 6.92 Å². The van der Waals surface area contributed by atoms with Gasteiger partial charge in [0, 0.05) is 11.0 Å². The zero-order valence-corrected chi connectivity index (χ0v) is 11.8. The summed E-state index contributed by atoms with van der Waals surface area (Å²) in [4.78, 5) is 0. The molecule has 0 aliphatic rings. The zero-order chi connectivity index (χ0) is 12.3. The number of aryl methyl sites for hydroxylation is 1. The van der Waals surface area contributed by atoms with Crippen LogP contribution in [0.15, 0.2) is 46.9 Å². The second kappa shape index (κ2) is 5.56. The zero-order valence-electron chi connectivity index (χ0n) is 9.50. The maximum absolute atomic E-state index is 6.10. The Morgan fingerprint density at radius 1 is 1.12 bits per heavy atom. The number of halogens is 2. The summed E-state index contributed by atoms with van der Waals surface area (Å²) in [6, 6.07) is 14.3. The van der Waals surface area contributed by atoms with E-state index in [1.54, 1.807) is 0 Å². The van der Waals surface area contributed by atoms with Crippen molar-refractivity contribution in [3.05, 3.63) is 63.1 Å². The summed E-state index contributed by atoms with van der Waals surface area (Å²) in [6.07, 6.45) is 0. The third-order valence-electron chi connectivity index (χ3n) is 2.53. The van der Waals surface area contributed by atoms with Crippen LogP contribution < -0.4 is 5.32 Å². The van der Waals surface area contributed by atoms with Crippen LogP contribution in [0.1, 0.15) is 11.1 Å². The Morgan fingerprint density at radius 3 is 2.53 bits per heavy atom. The van der Waals surface area contributed by atoms with E-state index in [1.807, 2.05) is 18.2 Å². The van der Waals surface area contributed by atoms with Gasteiger partial charge in [0.2, 0.25) is 0 Å². The molecule has 0 fully saturated rings. The van der Waals surface area contributed by atoms with Crippen molar-refractivity contribution in [3.8, 4) is 0 Å². The van der Waals surface area contributed by atoms with Crippen molar-refractivity contribution < 1.29 is 0 Å². The lowest BCUT2D eigenvalue weighted by Crippen LogP contribution is -1.99. The summed E-state index contributed by atoms with van der Waals surface area (Å²) in [5.41, 5.74) is 3.46. The average molecular weight is 311 g/mol. The molecule has 0 saturated heterocycles. The molecule has 2 aromatic carbocycles. The summed E-state index contributed by atoms with van der Waals surface area (Å²) in [7, 11) is 0. The molecule has 0 amide bonds. The predicted octanol–water partition coefficient (Wildman–Crippen LogP) is 5.02. The fourth-order valence-electron chi connectivity index (χ4n) is 1.54. The van der Waals surface area contributed by atoms with Crippen LogP contribution in [0.4, 0.5) is 5.69 Å². The van der Waals surface area contributed by atoms with E-state index in [4.69, 9.17) is 11.6 Å². The molecule has 17 heavy (non-hydrogen) atoms. The maximum Gasteiger partial charge on any atom is 0.0638 e. The van der Waals surface area contributed by atoms with Gasteiger partial charge in [-0.3, -0.25) is 0 Å². The summed E-state index contributed by atoms with van der Waals surface area (Å²) in [6.45, 7) is 2.86. The molecular weight excluding hydrogens is 298 g/mol. The first-order valence-corrected chi connectivity index (χ1v) is 6.57. The van der Waals surface area contributed by atoms with E-state index in [2.05, 4.69) is 52.4 Å². The molecule has 0 aliphatic heterocycles. The van der Waals surface area contributed by atoms with Crippen LogP contribution in [0.5, 0.6) is 0 Å². The number of anilines is 1. The molecule has 0 saturated carbocycles. The summed E-state index contributed by atoms with van der Waals surface area (Å²) in [5, 5.41) is 4.06. The number of nitrogens with one attached hydrogen (secondary N) is 1.